The Bertz CT molecular complexity index is 1330. The number of carbonyl (C=O) groups excluding carboxylic acids is 1. The number of anilines is 1. The molecule has 5 aromatic rings. The van der Waals surface area contributed by atoms with E-state index in [0.717, 1.165) is 27.4 Å². The van der Waals surface area contributed by atoms with Crippen molar-refractivity contribution in [3.05, 3.63) is 54.4 Å². The lowest BCUT2D eigenvalue weighted by Gasteiger charge is -2.08. The Kier molecular flexibility index (Phi) is 3.48. The summed E-state index contributed by atoms with van der Waals surface area (Å²) in [5, 5.41) is 16.1. The molecule has 28 heavy (non-hydrogen) atoms. The molecule has 1 aromatic carbocycles. The van der Waals surface area contributed by atoms with E-state index < -0.39 is 0 Å². The summed E-state index contributed by atoms with van der Waals surface area (Å²) in [5.41, 5.74) is 4.13. The molecule has 9 heteroatoms. The van der Waals surface area contributed by atoms with E-state index in [2.05, 4.69) is 30.6 Å². The largest absolute Gasteiger partial charge is 0.442 e. The number of pyridine rings is 1. The molecule has 0 atom stereocenters. The van der Waals surface area contributed by atoms with Crippen LogP contribution < -0.4 is 5.32 Å². The predicted molar refractivity (Wildman–Crippen MR) is 103 cm³/mol. The maximum Gasteiger partial charge on any atom is 0.274 e. The lowest BCUT2D eigenvalue weighted by molar-refractivity contribution is 0.102. The molecule has 0 radical (unpaired) electrons. The molecule has 0 saturated carbocycles. The number of H-pyrrole nitrogens is 1. The second-order valence-electron chi connectivity index (χ2n) is 6.45. The van der Waals surface area contributed by atoms with E-state index in [9.17, 15) is 4.79 Å². The third kappa shape index (κ3) is 2.44. The first-order valence-corrected chi connectivity index (χ1v) is 8.57. The molecule has 138 valence electrons. The topological polar surface area (TPSA) is 115 Å². The smallest absolute Gasteiger partial charge is 0.274 e. The van der Waals surface area contributed by atoms with Gasteiger partial charge in [-0.05, 0) is 30.7 Å². The number of fused-ring (bicyclic) bond motifs is 2. The van der Waals surface area contributed by atoms with Crippen LogP contribution in [0.4, 0.5) is 5.69 Å². The Hall–Kier alpha value is -4.01. The molecule has 0 bridgehead atoms. The highest BCUT2D eigenvalue weighted by molar-refractivity contribution is 6.07. The van der Waals surface area contributed by atoms with Crippen LogP contribution in [0.15, 0.2) is 47.6 Å². The van der Waals surface area contributed by atoms with Gasteiger partial charge in [0, 0.05) is 23.5 Å². The summed E-state index contributed by atoms with van der Waals surface area (Å²) >= 11 is 0. The summed E-state index contributed by atoms with van der Waals surface area (Å²) in [6, 6.07) is 5.50. The average molecular weight is 373 g/mol. The zero-order valence-corrected chi connectivity index (χ0v) is 15.1. The maximum atomic E-state index is 12.8. The molecular weight excluding hydrogens is 358 g/mol. The minimum absolute atomic E-state index is 0.285. The molecule has 0 aliphatic rings. The second kappa shape index (κ2) is 6.02. The summed E-state index contributed by atoms with van der Waals surface area (Å²) in [6.07, 6.45) is 6.34. The van der Waals surface area contributed by atoms with Gasteiger partial charge in [-0.2, -0.15) is 10.2 Å². The normalized spacial score (nSPS) is 11.4. The average Bonchev–Trinajstić information content (AvgIpc) is 3.42. The number of aryl methyl sites for hydroxylation is 2. The van der Waals surface area contributed by atoms with Gasteiger partial charge in [-0.3, -0.25) is 14.6 Å². The minimum atomic E-state index is -0.285. The van der Waals surface area contributed by atoms with Crippen molar-refractivity contribution in [2.24, 2.45) is 7.05 Å². The lowest BCUT2D eigenvalue weighted by atomic mass is 10.1. The number of benzene rings is 1. The molecule has 0 unspecified atom stereocenters. The van der Waals surface area contributed by atoms with Gasteiger partial charge in [0.1, 0.15) is 11.4 Å². The fourth-order valence-corrected chi connectivity index (χ4v) is 3.27. The van der Waals surface area contributed by atoms with Crippen LogP contribution >= 0.6 is 0 Å². The fourth-order valence-electron chi connectivity index (χ4n) is 3.27. The van der Waals surface area contributed by atoms with Crippen LogP contribution in [0.3, 0.4) is 0 Å². The molecule has 0 fully saturated rings. The standard InChI is InChI=1S/C19H15N7O2/c1-10-13-6-22-26(2)15(13)7-21-17(10)19(27)23-11-3-4-14-12(5-11)18(25-24-14)16-8-20-9-28-16/h3-9H,1-2H3,(H,23,27)(H,24,25). The molecule has 4 aromatic heterocycles. The SMILES string of the molecule is Cc1c(C(=O)Nc2ccc3[nH]nc(-c4cnco4)c3c2)ncc2c1cnn2C. The molecule has 2 N–H and O–H groups in total. The van der Waals surface area contributed by atoms with E-state index in [1.165, 1.54) is 6.39 Å². The zero-order valence-electron chi connectivity index (χ0n) is 15.1. The third-order valence-electron chi connectivity index (χ3n) is 4.76. The zero-order chi connectivity index (χ0) is 19.3. The van der Waals surface area contributed by atoms with Crippen LogP contribution in [0.5, 0.6) is 0 Å². The van der Waals surface area contributed by atoms with Gasteiger partial charge in [0.25, 0.3) is 5.91 Å². The van der Waals surface area contributed by atoms with E-state index in [1.54, 1.807) is 29.3 Å². The Labute approximate surface area is 158 Å². The van der Waals surface area contributed by atoms with E-state index in [0.29, 0.717) is 22.8 Å². The van der Waals surface area contributed by atoms with Crippen LogP contribution in [0.1, 0.15) is 16.1 Å². The first kappa shape index (κ1) is 16.2. The monoisotopic (exact) mass is 373 g/mol. The summed E-state index contributed by atoms with van der Waals surface area (Å²) < 4.78 is 7.07. The van der Waals surface area contributed by atoms with Gasteiger partial charge in [-0.25, -0.2) is 9.97 Å². The quantitative estimate of drug-likeness (QED) is 0.502. The van der Waals surface area contributed by atoms with Crippen molar-refractivity contribution < 1.29 is 9.21 Å². The van der Waals surface area contributed by atoms with E-state index in [4.69, 9.17) is 4.42 Å². The van der Waals surface area contributed by atoms with E-state index in [-0.39, 0.29) is 5.91 Å². The third-order valence-corrected chi connectivity index (χ3v) is 4.76. The number of carbonyl (C=O) groups is 1. The molecule has 5 rings (SSSR count). The summed E-state index contributed by atoms with van der Waals surface area (Å²) in [4.78, 5) is 21.1. The maximum absolute atomic E-state index is 12.8. The van der Waals surface area contributed by atoms with Crippen molar-refractivity contribution in [3.8, 4) is 11.5 Å². The molecule has 0 saturated heterocycles. The van der Waals surface area contributed by atoms with Gasteiger partial charge in [-0.1, -0.05) is 0 Å². The van der Waals surface area contributed by atoms with Crippen LogP contribution in [-0.2, 0) is 7.05 Å². The van der Waals surface area contributed by atoms with Crippen molar-refractivity contribution in [1.29, 1.82) is 0 Å². The van der Waals surface area contributed by atoms with Crippen LogP contribution in [0, 0.1) is 6.92 Å². The first-order valence-electron chi connectivity index (χ1n) is 8.57. The molecule has 1 amide bonds. The lowest BCUT2D eigenvalue weighted by Crippen LogP contribution is -2.15. The van der Waals surface area contributed by atoms with E-state index in [1.807, 2.05) is 26.1 Å². The molecular formula is C19H15N7O2. The molecule has 9 nitrogen and oxygen atoms in total. The van der Waals surface area contributed by atoms with Crippen LogP contribution in [0.2, 0.25) is 0 Å². The van der Waals surface area contributed by atoms with Crippen molar-refractivity contribution in [2.45, 2.75) is 6.92 Å². The predicted octanol–water partition coefficient (Wildman–Crippen LogP) is 3.06. The number of aromatic amines is 1. The highest BCUT2D eigenvalue weighted by atomic mass is 16.3. The highest BCUT2D eigenvalue weighted by Gasteiger charge is 2.17. The molecule has 4 heterocycles. The van der Waals surface area contributed by atoms with Crippen molar-refractivity contribution >= 4 is 33.4 Å². The van der Waals surface area contributed by atoms with Gasteiger partial charge in [0.05, 0.1) is 29.6 Å². The van der Waals surface area contributed by atoms with Crippen molar-refractivity contribution in [2.75, 3.05) is 5.32 Å². The molecule has 0 aliphatic carbocycles. The van der Waals surface area contributed by atoms with Gasteiger partial charge in [0.2, 0.25) is 0 Å². The summed E-state index contributed by atoms with van der Waals surface area (Å²) in [5.74, 6) is 0.265. The van der Waals surface area contributed by atoms with Gasteiger partial charge >= 0.3 is 0 Å². The second-order valence-corrected chi connectivity index (χ2v) is 6.45. The molecule has 0 aliphatic heterocycles. The van der Waals surface area contributed by atoms with Gasteiger partial charge in [0.15, 0.2) is 12.2 Å². The minimum Gasteiger partial charge on any atom is -0.442 e. The number of amides is 1. The Balaban J connectivity index is 1.50. The van der Waals surface area contributed by atoms with Crippen LogP contribution in [0.25, 0.3) is 33.3 Å². The highest BCUT2D eigenvalue weighted by Crippen LogP contribution is 2.28. The number of rotatable bonds is 3. The summed E-state index contributed by atoms with van der Waals surface area (Å²) in [6.45, 7) is 1.87. The summed E-state index contributed by atoms with van der Waals surface area (Å²) in [7, 11) is 1.84. The fraction of sp³-hybridized carbons (Fsp3) is 0.105. The number of hydrogen-bond acceptors (Lipinski definition) is 6. The van der Waals surface area contributed by atoms with Crippen molar-refractivity contribution in [3.63, 3.8) is 0 Å². The Morgan fingerprint density at radius 2 is 2.11 bits per heavy atom. The van der Waals surface area contributed by atoms with E-state index >= 15 is 0 Å². The van der Waals surface area contributed by atoms with Gasteiger partial charge < -0.3 is 9.73 Å². The van der Waals surface area contributed by atoms with Crippen LogP contribution in [-0.4, -0.2) is 35.9 Å². The molecule has 0 spiro atoms. The Morgan fingerprint density at radius 1 is 1.21 bits per heavy atom. The first-order chi connectivity index (χ1) is 13.6. The van der Waals surface area contributed by atoms with Crippen molar-refractivity contribution in [1.82, 2.24) is 29.9 Å². The number of aromatic nitrogens is 6. The number of nitrogens with one attached hydrogen (secondary N) is 2. The number of hydrogen-bond donors (Lipinski definition) is 2. The Morgan fingerprint density at radius 3 is 2.93 bits per heavy atom. The number of nitrogens with zero attached hydrogens (tertiary/aromatic N) is 5. The van der Waals surface area contributed by atoms with Gasteiger partial charge in [-0.15, -0.1) is 0 Å². The number of oxazole rings is 1.